The van der Waals surface area contributed by atoms with Gasteiger partial charge in [-0.05, 0) is 50.7 Å². The highest BCUT2D eigenvalue weighted by atomic mass is 16.4. The van der Waals surface area contributed by atoms with Gasteiger partial charge in [-0.25, -0.2) is 4.79 Å². The number of hydrogen-bond donors (Lipinski definition) is 1. The van der Waals surface area contributed by atoms with Crippen molar-refractivity contribution in [2.75, 3.05) is 0 Å². The minimum atomic E-state index is -1.15. The topological polar surface area (TPSA) is 70.8 Å². The fourth-order valence-electron chi connectivity index (χ4n) is 2.54. The number of aromatic carboxylic acids is 1. The first-order valence-electron chi connectivity index (χ1n) is 6.73. The van der Waals surface area contributed by atoms with Crippen molar-refractivity contribution in [3.63, 3.8) is 0 Å². The molecule has 1 aromatic rings. The van der Waals surface area contributed by atoms with E-state index in [1.165, 1.54) is 25.0 Å². The molecule has 1 amide bonds. The maximum absolute atomic E-state index is 12.5. The standard InChI is InChI=1S/C14H17NO4/c1-8(9-2-3-9)15(10-4-5-10)13(16)11-6-7-12(19-11)14(17)18/h6-10H,2-5H2,1H3,(H,17,18). The summed E-state index contributed by atoms with van der Waals surface area (Å²) in [4.78, 5) is 25.2. The number of carbonyl (C=O) groups is 2. The number of amides is 1. The Morgan fingerprint density at radius 1 is 1.26 bits per heavy atom. The van der Waals surface area contributed by atoms with Crippen molar-refractivity contribution < 1.29 is 19.1 Å². The van der Waals surface area contributed by atoms with Gasteiger partial charge < -0.3 is 14.4 Å². The van der Waals surface area contributed by atoms with Crippen LogP contribution in [0.25, 0.3) is 0 Å². The Morgan fingerprint density at radius 2 is 1.89 bits per heavy atom. The average molecular weight is 263 g/mol. The molecule has 0 spiro atoms. The maximum atomic E-state index is 12.5. The van der Waals surface area contributed by atoms with Gasteiger partial charge in [0.15, 0.2) is 5.76 Å². The zero-order valence-electron chi connectivity index (χ0n) is 10.8. The van der Waals surface area contributed by atoms with Crippen LogP contribution in [0.5, 0.6) is 0 Å². The van der Waals surface area contributed by atoms with Crippen molar-refractivity contribution in [1.82, 2.24) is 4.90 Å². The minimum absolute atomic E-state index is 0.136. The van der Waals surface area contributed by atoms with Gasteiger partial charge in [-0.15, -0.1) is 0 Å². The van der Waals surface area contributed by atoms with E-state index in [4.69, 9.17) is 9.52 Å². The summed E-state index contributed by atoms with van der Waals surface area (Å²) in [5.41, 5.74) is 0. The zero-order valence-corrected chi connectivity index (χ0v) is 10.8. The lowest BCUT2D eigenvalue weighted by molar-refractivity contribution is 0.0604. The normalized spacial score (nSPS) is 20.1. The van der Waals surface area contributed by atoms with E-state index >= 15 is 0 Å². The molecule has 19 heavy (non-hydrogen) atoms. The highest BCUT2D eigenvalue weighted by Gasteiger charge is 2.42. The van der Waals surface area contributed by atoms with Crippen molar-refractivity contribution in [3.8, 4) is 0 Å². The van der Waals surface area contributed by atoms with Gasteiger partial charge in [-0.3, -0.25) is 4.79 Å². The van der Waals surface area contributed by atoms with E-state index in [0.29, 0.717) is 12.0 Å². The highest BCUT2D eigenvalue weighted by molar-refractivity contribution is 5.94. The van der Waals surface area contributed by atoms with Crippen molar-refractivity contribution >= 4 is 11.9 Å². The molecule has 2 aliphatic rings. The van der Waals surface area contributed by atoms with Crippen molar-refractivity contribution in [2.24, 2.45) is 5.92 Å². The molecule has 0 aliphatic heterocycles. The molecule has 1 heterocycles. The molecule has 2 fully saturated rings. The molecule has 0 bridgehead atoms. The van der Waals surface area contributed by atoms with Crippen molar-refractivity contribution in [2.45, 2.75) is 44.7 Å². The first kappa shape index (κ1) is 12.3. The largest absolute Gasteiger partial charge is 0.475 e. The van der Waals surface area contributed by atoms with Crippen LogP contribution in [0, 0.1) is 5.92 Å². The molecule has 0 saturated heterocycles. The zero-order chi connectivity index (χ0) is 13.6. The van der Waals surface area contributed by atoms with Crippen LogP contribution in [-0.2, 0) is 0 Å². The van der Waals surface area contributed by atoms with E-state index in [-0.39, 0.29) is 23.5 Å². The molecule has 1 N–H and O–H groups in total. The molecule has 0 radical (unpaired) electrons. The predicted octanol–water partition coefficient (Wildman–Crippen LogP) is 2.38. The summed E-state index contributed by atoms with van der Waals surface area (Å²) in [6, 6.07) is 3.32. The Labute approximate surface area is 111 Å². The lowest BCUT2D eigenvalue weighted by Crippen LogP contribution is -2.41. The third-order valence-corrected chi connectivity index (χ3v) is 3.95. The Morgan fingerprint density at radius 3 is 2.37 bits per heavy atom. The van der Waals surface area contributed by atoms with E-state index in [1.807, 2.05) is 4.90 Å². The number of hydrogen-bond acceptors (Lipinski definition) is 3. The molecule has 3 rings (SSSR count). The van der Waals surface area contributed by atoms with Crippen molar-refractivity contribution in [3.05, 3.63) is 23.7 Å². The number of carbonyl (C=O) groups excluding carboxylic acids is 1. The summed E-state index contributed by atoms with van der Waals surface area (Å²) < 4.78 is 5.13. The van der Waals surface area contributed by atoms with E-state index in [9.17, 15) is 9.59 Å². The molecular formula is C14H17NO4. The van der Waals surface area contributed by atoms with Crippen LogP contribution in [0.2, 0.25) is 0 Å². The van der Waals surface area contributed by atoms with E-state index in [1.54, 1.807) is 0 Å². The second-order valence-electron chi connectivity index (χ2n) is 5.49. The molecule has 2 saturated carbocycles. The average Bonchev–Trinajstić information content (AvgIpc) is 3.28. The number of furan rings is 1. The van der Waals surface area contributed by atoms with E-state index in [0.717, 1.165) is 12.8 Å². The molecule has 1 atom stereocenters. The summed E-state index contributed by atoms with van der Waals surface area (Å²) in [5, 5.41) is 8.83. The summed E-state index contributed by atoms with van der Waals surface area (Å²) in [7, 11) is 0. The van der Waals surface area contributed by atoms with Gasteiger partial charge in [-0.1, -0.05) is 0 Å². The second-order valence-corrected chi connectivity index (χ2v) is 5.49. The van der Waals surface area contributed by atoms with Crippen LogP contribution in [0.4, 0.5) is 0 Å². The fourth-order valence-corrected chi connectivity index (χ4v) is 2.54. The quantitative estimate of drug-likeness (QED) is 0.885. The minimum Gasteiger partial charge on any atom is -0.475 e. The van der Waals surface area contributed by atoms with Crippen LogP contribution in [0.3, 0.4) is 0 Å². The summed E-state index contributed by atoms with van der Waals surface area (Å²) in [6.45, 7) is 2.08. The third kappa shape index (κ3) is 2.37. The van der Waals surface area contributed by atoms with Gasteiger partial charge in [-0.2, -0.15) is 0 Å². The van der Waals surface area contributed by atoms with Crippen molar-refractivity contribution in [1.29, 1.82) is 0 Å². The Bertz CT molecular complexity index is 513. The van der Waals surface area contributed by atoms with Crippen LogP contribution >= 0.6 is 0 Å². The Balaban J connectivity index is 1.80. The third-order valence-electron chi connectivity index (χ3n) is 3.95. The number of carboxylic acid groups (broad SMARTS) is 1. The Hall–Kier alpha value is -1.78. The molecule has 1 unspecified atom stereocenters. The first-order valence-corrected chi connectivity index (χ1v) is 6.73. The fraction of sp³-hybridized carbons (Fsp3) is 0.571. The monoisotopic (exact) mass is 263 g/mol. The summed E-state index contributed by atoms with van der Waals surface area (Å²) in [6.07, 6.45) is 4.43. The van der Waals surface area contributed by atoms with Gasteiger partial charge in [0, 0.05) is 12.1 Å². The Kier molecular flexibility index (Phi) is 2.84. The summed E-state index contributed by atoms with van der Waals surface area (Å²) in [5.74, 6) is -0.768. The molecule has 2 aliphatic carbocycles. The molecule has 5 heteroatoms. The number of carboxylic acids is 1. The molecule has 1 aromatic heterocycles. The molecular weight excluding hydrogens is 246 g/mol. The first-order chi connectivity index (χ1) is 9.08. The number of nitrogens with zero attached hydrogens (tertiary/aromatic N) is 1. The van der Waals surface area contributed by atoms with Crippen LogP contribution in [0.1, 0.15) is 53.7 Å². The van der Waals surface area contributed by atoms with Gasteiger partial charge in [0.05, 0.1) is 0 Å². The predicted molar refractivity (Wildman–Crippen MR) is 67.0 cm³/mol. The summed E-state index contributed by atoms with van der Waals surface area (Å²) >= 11 is 0. The van der Waals surface area contributed by atoms with Crippen LogP contribution in [0.15, 0.2) is 16.5 Å². The van der Waals surface area contributed by atoms with E-state index < -0.39 is 5.97 Å². The van der Waals surface area contributed by atoms with Crippen LogP contribution < -0.4 is 0 Å². The van der Waals surface area contributed by atoms with Crippen LogP contribution in [-0.4, -0.2) is 34.0 Å². The highest BCUT2D eigenvalue weighted by Crippen LogP contribution is 2.40. The lowest BCUT2D eigenvalue weighted by Gasteiger charge is -2.28. The SMILES string of the molecule is CC(C1CC1)N(C(=O)c1ccc(C(=O)O)o1)C1CC1. The second kappa shape index (κ2) is 4.40. The smallest absolute Gasteiger partial charge is 0.371 e. The van der Waals surface area contributed by atoms with Gasteiger partial charge in [0.2, 0.25) is 5.76 Å². The maximum Gasteiger partial charge on any atom is 0.371 e. The molecule has 102 valence electrons. The molecule has 5 nitrogen and oxygen atoms in total. The van der Waals surface area contributed by atoms with Gasteiger partial charge >= 0.3 is 5.97 Å². The molecule has 0 aromatic carbocycles. The lowest BCUT2D eigenvalue weighted by atomic mass is 10.1. The van der Waals surface area contributed by atoms with Gasteiger partial charge in [0.25, 0.3) is 5.91 Å². The van der Waals surface area contributed by atoms with Gasteiger partial charge in [0.1, 0.15) is 0 Å². The van der Waals surface area contributed by atoms with E-state index in [2.05, 4.69) is 6.92 Å². The number of rotatable bonds is 5.